The first-order chi connectivity index (χ1) is 5.79. The Morgan fingerprint density at radius 1 is 1.58 bits per heavy atom. The molecule has 2 unspecified atom stereocenters. The maximum absolute atomic E-state index is 9.79. The van der Waals surface area contributed by atoms with E-state index in [2.05, 4.69) is 18.0 Å². The Balaban J connectivity index is 2.19. The fourth-order valence-electron chi connectivity index (χ4n) is 2.46. The molecule has 1 aliphatic carbocycles. The highest BCUT2D eigenvalue weighted by molar-refractivity contribution is 5.18. The molecule has 1 N–H and O–H groups in total. The van der Waals surface area contributed by atoms with Gasteiger partial charge in [0.2, 0.25) is 0 Å². The number of fused-ring (bicyclic) bond motifs is 1. The summed E-state index contributed by atoms with van der Waals surface area (Å²) in [5.41, 5.74) is 1.47. The summed E-state index contributed by atoms with van der Waals surface area (Å²) in [7, 11) is 2.12. The van der Waals surface area contributed by atoms with Crippen LogP contribution in [0.25, 0.3) is 0 Å². The molecule has 2 aliphatic rings. The number of aliphatic hydroxyl groups excluding tert-OH is 1. The Kier molecular flexibility index (Phi) is 2.20. The predicted molar refractivity (Wildman–Crippen MR) is 49.0 cm³/mol. The van der Waals surface area contributed by atoms with E-state index in [4.69, 9.17) is 0 Å². The largest absolute Gasteiger partial charge is 0.391 e. The van der Waals surface area contributed by atoms with Crippen LogP contribution in [0, 0.1) is 0 Å². The molecule has 1 fully saturated rings. The average molecular weight is 167 g/mol. The molecule has 1 heterocycles. The van der Waals surface area contributed by atoms with Gasteiger partial charge >= 0.3 is 0 Å². The van der Waals surface area contributed by atoms with Gasteiger partial charge in [-0.25, -0.2) is 0 Å². The van der Waals surface area contributed by atoms with Crippen LogP contribution >= 0.6 is 0 Å². The van der Waals surface area contributed by atoms with Crippen LogP contribution in [0.3, 0.4) is 0 Å². The lowest BCUT2D eigenvalue weighted by molar-refractivity contribution is 0.0555. The lowest BCUT2D eigenvalue weighted by atomic mass is 9.84. The third-order valence-electron chi connectivity index (χ3n) is 3.07. The Bertz CT molecular complexity index is 200. The minimum atomic E-state index is -0.115. The minimum absolute atomic E-state index is 0.115. The van der Waals surface area contributed by atoms with Crippen molar-refractivity contribution in [2.24, 2.45) is 0 Å². The molecule has 0 aromatic carbocycles. The Morgan fingerprint density at radius 2 is 2.42 bits per heavy atom. The molecule has 1 aliphatic heterocycles. The van der Waals surface area contributed by atoms with Gasteiger partial charge in [-0.1, -0.05) is 11.6 Å². The normalized spacial score (nSPS) is 37.3. The van der Waals surface area contributed by atoms with Gasteiger partial charge < -0.3 is 5.11 Å². The molecule has 0 aromatic rings. The summed E-state index contributed by atoms with van der Waals surface area (Å²) in [6, 6.07) is 0.340. The highest BCUT2D eigenvalue weighted by Gasteiger charge is 2.31. The monoisotopic (exact) mass is 167 g/mol. The van der Waals surface area contributed by atoms with Gasteiger partial charge in [0.25, 0.3) is 0 Å². The second-order valence-electron chi connectivity index (χ2n) is 3.95. The molecule has 0 aromatic heterocycles. The molecule has 0 spiro atoms. The van der Waals surface area contributed by atoms with Gasteiger partial charge in [0.05, 0.1) is 12.1 Å². The molecule has 2 heteroatoms. The van der Waals surface area contributed by atoms with Gasteiger partial charge in [-0.05, 0) is 32.7 Å². The first kappa shape index (κ1) is 8.27. The van der Waals surface area contributed by atoms with Crippen LogP contribution in [0.4, 0.5) is 0 Å². The van der Waals surface area contributed by atoms with E-state index in [1.807, 2.05) is 0 Å². The zero-order valence-corrected chi connectivity index (χ0v) is 7.66. The molecular formula is C10H17NO. The summed E-state index contributed by atoms with van der Waals surface area (Å²) < 4.78 is 0. The van der Waals surface area contributed by atoms with Crippen molar-refractivity contribution < 1.29 is 5.11 Å². The van der Waals surface area contributed by atoms with E-state index in [0.717, 1.165) is 25.8 Å². The molecule has 1 saturated carbocycles. The second-order valence-corrected chi connectivity index (χ2v) is 3.95. The Hall–Kier alpha value is -0.340. The third kappa shape index (κ3) is 1.29. The minimum Gasteiger partial charge on any atom is -0.391 e. The standard InChI is InChI=1S/C10H17NO/c1-11-7-3-5-8-4-2-6-9(12)10(8)11/h5,9-10,12H,2-4,6-7H2,1H3. The molecular weight excluding hydrogens is 150 g/mol. The topological polar surface area (TPSA) is 23.5 Å². The van der Waals surface area contributed by atoms with E-state index in [1.54, 1.807) is 0 Å². The zero-order chi connectivity index (χ0) is 8.55. The van der Waals surface area contributed by atoms with E-state index in [1.165, 1.54) is 12.0 Å². The molecule has 68 valence electrons. The molecule has 2 nitrogen and oxygen atoms in total. The van der Waals surface area contributed by atoms with Gasteiger partial charge in [-0.3, -0.25) is 4.90 Å². The Labute approximate surface area is 73.9 Å². The molecule has 2 rings (SSSR count). The van der Waals surface area contributed by atoms with Crippen molar-refractivity contribution in [3.63, 3.8) is 0 Å². The van der Waals surface area contributed by atoms with Crippen LogP contribution in [0.2, 0.25) is 0 Å². The van der Waals surface area contributed by atoms with Crippen molar-refractivity contribution in [2.75, 3.05) is 13.6 Å². The van der Waals surface area contributed by atoms with E-state index in [9.17, 15) is 5.11 Å². The van der Waals surface area contributed by atoms with Gasteiger partial charge in [-0.2, -0.15) is 0 Å². The van der Waals surface area contributed by atoms with Gasteiger partial charge in [0.15, 0.2) is 0 Å². The van der Waals surface area contributed by atoms with Crippen molar-refractivity contribution in [3.05, 3.63) is 11.6 Å². The Morgan fingerprint density at radius 3 is 3.17 bits per heavy atom. The van der Waals surface area contributed by atoms with Gasteiger partial charge in [0, 0.05) is 6.54 Å². The highest BCUT2D eigenvalue weighted by atomic mass is 16.3. The summed E-state index contributed by atoms with van der Waals surface area (Å²) in [4.78, 5) is 2.29. The summed E-state index contributed by atoms with van der Waals surface area (Å²) >= 11 is 0. The van der Waals surface area contributed by atoms with Crippen LogP contribution in [0.5, 0.6) is 0 Å². The number of hydrogen-bond acceptors (Lipinski definition) is 2. The van der Waals surface area contributed by atoms with Gasteiger partial charge in [-0.15, -0.1) is 0 Å². The summed E-state index contributed by atoms with van der Waals surface area (Å²) in [5, 5.41) is 9.79. The summed E-state index contributed by atoms with van der Waals surface area (Å²) in [6.45, 7) is 1.10. The zero-order valence-electron chi connectivity index (χ0n) is 7.66. The van der Waals surface area contributed by atoms with E-state index < -0.39 is 0 Å². The van der Waals surface area contributed by atoms with Crippen molar-refractivity contribution >= 4 is 0 Å². The van der Waals surface area contributed by atoms with Crippen LogP contribution in [0.15, 0.2) is 11.6 Å². The first-order valence-corrected chi connectivity index (χ1v) is 4.86. The first-order valence-electron chi connectivity index (χ1n) is 4.86. The number of nitrogens with zero attached hydrogens (tertiary/aromatic N) is 1. The number of hydrogen-bond donors (Lipinski definition) is 1. The van der Waals surface area contributed by atoms with Crippen molar-refractivity contribution in [1.29, 1.82) is 0 Å². The van der Waals surface area contributed by atoms with E-state index in [-0.39, 0.29) is 6.10 Å². The number of likely N-dealkylation sites (N-methyl/N-ethyl adjacent to an activating group) is 1. The third-order valence-corrected chi connectivity index (χ3v) is 3.07. The number of aliphatic hydroxyl groups is 1. The maximum Gasteiger partial charge on any atom is 0.0733 e. The fourth-order valence-corrected chi connectivity index (χ4v) is 2.46. The second kappa shape index (κ2) is 3.19. The molecule has 0 bridgehead atoms. The maximum atomic E-state index is 9.79. The smallest absolute Gasteiger partial charge is 0.0733 e. The van der Waals surface area contributed by atoms with Crippen molar-refractivity contribution in [1.82, 2.24) is 4.90 Å². The predicted octanol–water partition coefficient (Wildman–Crippen LogP) is 1.16. The molecule has 2 atom stereocenters. The van der Waals surface area contributed by atoms with E-state index in [0.29, 0.717) is 6.04 Å². The van der Waals surface area contributed by atoms with Crippen LogP contribution in [-0.2, 0) is 0 Å². The number of rotatable bonds is 0. The molecule has 0 radical (unpaired) electrons. The lowest BCUT2D eigenvalue weighted by Crippen LogP contribution is -2.47. The molecule has 0 amide bonds. The van der Waals surface area contributed by atoms with Crippen molar-refractivity contribution in [2.45, 2.75) is 37.8 Å². The summed E-state index contributed by atoms with van der Waals surface area (Å²) in [6.07, 6.45) is 6.72. The summed E-state index contributed by atoms with van der Waals surface area (Å²) in [5.74, 6) is 0. The lowest BCUT2D eigenvalue weighted by Gasteiger charge is -2.40. The average Bonchev–Trinajstić information content (AvgIpc) is 2.04. The van der Waals surface area contributed by atoms with Crippen LogP contribution in [0.1, 0.15) is 25.7 Å². The van der Waals surface area contributed by atoms with Crippen LogP contribution in [-0.4, -0.2) is 35.7 Å². The SMILES string of the molecule is CN1CCC=C2CCCC(O)C21. The molecule has 12 heavy (non-hydrogen) atoms. The highest BCUT2D eigenvalue weighted by Crippen LogP contribution is 2.30. The van der Waals surface area contributed by atoms with Crippen LogP contribution < -0.4 is 0 Å². The van der Waals surface area contributed by atoms with E-state index >= 15 is 0 Å². The molecule has 0 saturated heterocycles. The van der Waals surface area contributed by atoms with Gasteiger partial charge in [0.1, 0.15) is 0 Å². The fraction of sp³-hybridized carbons (Fsp3) is 0.800. The quantitative estimate of drug-likeness (QED) is 0.547. The van der Waals surface area contributed by atoms with Crippen molar-refractivity contribution in [3.8, 4) is 0 Å².